The van der Waals surface area contributed by atoms with Gasteiger partial charge in [0.05, 0.1) is 17.7 Å². The van der Waals surface area contributed by atoms with Gasteiger partial charge < -0.3 is 9.47 Å². The van der Waals surface area contributed by atoms with Gasteiger partial charge in [-0.25, -0.2) is 9.59 Å². The number of unbranched alkanes of at least 4 members (excludes halogenated alkanes) is 8. The Morgan fingerprint density at radius 1 is 0.867 bits per heavy atom. The van der Waals surface area contributed by atoms with Gasteiger partial charge in [-0.05, 0) is 25.0 Å². The molecule has 0 aliphatic carbocycles. The zero-order chi connectivity index (χ0) is 22.4. The number of benzene rings is 1. The summed E-state index contributed by atoms with van der Waals surface area (Å²) in [6.07, 6.45) is 10.2. The average molecular weight is 443 g/mol. The van der Waals surface area contributed by atoms with Crippen molar-refractivity contribution in [3.05, 3.63) is 35.4 Å². The van der Waals surface area contributed by atoms with Crippen molar-refractivity contribution in [3.63, 3.8) is 0 Å². The Balaban J connectivity index is 2.47. The molecule has 1 rings (SSSR count). The van der Waals surface area contributed by atoms with Crippen LogP contribution in [-0.2, 0) is 19.6 Å². The second kappa shape index (κ2) is 14.1. The fourth-order valence-electron chi connectivity index (χ4n) is 3.03. The minimum Gasteiger partial charge on any atom is -0.462 e. The molecule has 0 saturated heterocycles. The number of hydrogen-bond acceptors (Lipinski definition) is 6. The lowest BCUT2D eigenvalue weighted by molar-refractivity contribution is 0.0402. The predicted octanol–water partition coefficient (Wildman–Crippen LogP) is 5.15. The second-order valence-electron chi connectivity index (χ2n) is 7.27. The predicted molar refractivity (Wildman–Crippen MR) is 115 cm³/mol. The van der Waals surface area contributed by atoms with Crippen molar-refractivity contribution in [2.75, 3.05) is 6.61 Å². The van der Waals surface area contributed by atoms with Crippen molar-refractivity contribution in [3.8, 4) is 0 Å². The Kier molecular flexibility index (Phi) is 12.3. The summed E-state index contributed by atoms with van der Waals surface area (Å²) in [6.45, 7) is 3.90. The highest BCUT2D eigenvalue weighted by Crippen LogP contribution is 2.16. The van der Waals surface area contributed by atoms with E-state index >= 15 is 0 Å². The van der Waals surface area contributed by atoms with Crippen LogP contribution in [0.2, 0.25) is 0 Å². The van der Waals surface area contributed by atoms with E-state index in [-0.39, 0.29) is 24.2 Å². The molecule has 0 radical (unpaired) electrons. The molecule has 0 fully saturated rings. The molecule has 0 bridgehead atoms. The molecule has 170 valence electrons. The molecule has 0 saturated carbocycles. The largest absolute Gasteiger partial charge is 0.462 e. The SMILES string of the molecule is CCCCCCCCCCCOC(=O)c1ccccc1C(=O)OC(CC)S(=O)(=O)O. The Hall–Kier alpha value is -1.93. The van der Waals surface area contributed by atoms with Crippen LogP contribution in [0.15, 0.2) is 24.3 Å². The van der Waals surface area contributed by atoms with E-state index in [0.717, 1.165) is 19.3 Å². The fraction of sp³-hybridized carbons (Fsp3) is 0.636. The first kappa shape index (κ1) is 26.1. The lowest BCUT2D eigenvalue weighted by atomic mass is 10.1. The topological polar surface area (TPSA) is 107 Å². The van der Waals surface area contributed by atoms with Crippen LogP contribution >= 0.6 is 0 Å². The highest BCUT2D eigenvalue weighted by Gasteiger charge is 2.28. The normalized spacial score (nSPS) is 12.4. The zero-order valence-electron chi connectivity index (χ0n) is 18.0. The Morgan fingerprint density at radius 3 is 1.87 bits per heavy atom. The summed E-state index contributed by atoms with van der Waals surface area (Å²) < 4.78 is 41.7. The Labute approximate surface area is 179 Å². The lowest BCUT2D eigenvalue weighted by Crippen LogP contribution is -2.27. The summed E-state index contributed by atoms with van der Waals surface area (Å²) in [7, 11) is -4.54. The van der Waals surface area contributed by atoms with E-state index in [9.17, 15) is 18.0 Å². The van der Waals surface area contributed by atoms with Gasteiger partial charge in [-0.15, -0.1) is 0 Å². The van der Waals surface area contributed by atoms with Gasteiger partial charge in [0.2, 0.25) is 5.44 Å². The molecule has 1 aromatic rings. The van der Waals surface area contributed by atoms with Crippen LogP contribution in [0.4, 0.5) is 0 Å². The van der Waals surface area contributed by atoms with E-state index in [1.54, 1.807) is 6.07 Å². The molecule has 1 atom stereocenters. The van der Waals surface area contributed by atoms with Crippen molar-refractivity contribution in [2.24, 2.45) is 0 Å². The molecular formula is C22H34O7S. The van der Waals surface area contributed by atoms with Crippen LogP contribution in [0.1, 0.15) is 98.8 Å². The molecule has 8 heteroatoms. The van der Waals surface area contributed by atoms with Gasteiger partial charge in [-0.1, -0.05) is 77.3 Å². The van der Waals surface area contributed by atoms with Crippen LogP contribution < -0.4 is 0 Å². The number of esters is 2. The Bertz CT molecular complexity index is 759. The number of rotatable bonds is 15. The smallest absolute Gasteiger partial charge is 0.340 e. The summed E-state index contributed by atoms with van der Waals surface area (Å²) in [6, 6.07) is 5.88. The summed E-state index contributed by atoms with van der Waals surface area (Å²) >= 11 is 0. The maximum atomic E-state index is 12.4. The van der Waals surface area contributed by atoms with Crippen molar-refractivity contribution < 1.29 is 32.0 Å². The quantitative estimate of drug-likeness (QED) is 0.227. The first-order valence-corrected chi connectivity index (χ1v) is 12.2. The highest BCUT2D eigenvalue weighted by molar-refractivity contribution is 7.86. The molecule has 0 aromatic heterocycles. The molecule has 1 aromatic carbocycles. The van der Waals surface area contributed by atoms with Gasteiger partial charge in [-0.2, -0.15) is 8.42 Å². The van der Waals surface area contributed by atoms with E-state index in [0.29, 0.717) is 0 Å². The summed E-state index contributed by atoms with van der Waals surface area (Å²) in [5.41, 5.74) is -1.78. The minimum atomic E-state index is -4.54. The molecule has 0 aliphatic rings. The molecule has 30 heavy (non-hydrogen) atoms. The van der Waals surface area contributed by atoms with Gasteiger partial charge >= 0.3 is 22.1 Å². The van der Waals surface area contributed by atoms with E-state index < -0.39 is 27.5 Å². The van der Waals surface area contributed by atoms with Crippen LogP contribution in [-0.4, -0.2) is 37.0 Å². The number of carbonyl (C=O) groups excluding carboxylic acids is 2. The third kappa shape index (κ3) is 9.71. The van der Waals surface area contributed by atoms with E-state index in [1.807, 2.05) is 0 Å². The summed E-state index contributed by atoms with van der Waals surface area (Å²) in [4.78, 5) is 24.7. The first-order valence-electron chi connectivity index (χ1n) is 10.7. The highest BCUT2D eigenvalue weighted by atomic mass is 32.2. The van der Waals surface area contributed by atoms with E-state index in [1.165, 1.54) is 63.6 Å². The van der Waals surface area contributed by atoms with Gasteiger partial charge in [-0.3, -0.25) is 4.55 Å². The van der Waals surface area contributed by atoms with Crippen LogP contribution in [0.25, 0.3) is 0 Å². The third-order valence-corrected chi connectivity index (χ3v) is 5.85. The molecule has 1 unspecified atom stereocenters. The molecule has 0 heterocycles. The van der Waals surface area contributed by atoms with E-state index in [4.69, 9.17) is 14.0 Å². The van der Waals surface area contributed by atoms with Gasteiger partial charge in [0.25, 0.3) is 0 Å². The molecule has 7 nitrogen and oxygen atoms in total. The maximum absolute atomic E-state index is 12.4. The van der Waals surface area contributed by atoms with Crippen molar-refractivity contribution in [2.45, 2.75) is 83.5 Å². The fourth-order valence-corrected chi connectivity index (χ4v) is 3.66. The molecule has 0 amide bonds. The van der Waals surface area contributed by atoms with Crippen LogP contribution in [0.5, 0.6) is 0 Å². The lowest BCUT2D eigenvalue weighted by Gasteiger charge is -2.14. The van der Waals surface area contributed by atoms with Crippen molar-refractivity contribution in [1.29, 1.82) is 0 Å². The number of hydrogen-bond donors (Lipinski definition) is 1. The second-order valence-corrected chi connectivity index (χ2v) is 8.82. The van der Waals surface area contributed by atoms with Crippen LogP contribution in [0, 0.1) is 0 Å². The number of ether oxygens (including phenoxy) is 2. The summed E-state index contributed by atoms with van der Waals surface area (Å²) in [5.74, 6) is -1.67. The van der Waals surface area contributed by atoms with Crippen molar-refractivity contribution >= 4 is 22.1 Å². The van der Waals surface area contributed by atoms with Crippen LogP contribution in [0.3, 0.4) is 0 Å². The van der Waals surface area contributed by atoms with Gasteiger partial charge in [0.1, 0.15) is 0 Å². The summed E-state index contributed by atoms with van der Waals surface area (Å²) in [5, 5.41) is 0. The molecular weight excluding hydrogens is 408 g/mol. The first-order chi connectivity index (χ1) is 14.3. The van der Waals surface area contributed by atoms with Gasteiger partial charge in [0.15, 0.2) is 0 Å². The molecule has 0 aliphatic heterocycles. The molecule has 1 N–H and O–H groups in total. The average Bonchev–Trinajstić information content (AvgIpc) is 2.72. The standard InChI is InChI=1S/C22H34O7S/c1-3-5-6-7-8-9-10-11-14-17-28-21(23)18-15-12-13-16-19(18)22(24)29-20(4-2)30(25,26)27/h12-13,15-16,20H,3-11,14,17H2,1-2H3,(H,25,26,27). The monoisotopic (exact) mass is 442 g/mol. The van der Waals surface area contributed by atoms with Gasteiger partial charge in [0, 0.05) is 0 Å². The zero-order valence-corrected chi connectivity index (χ0v) is 18.8. The third-order valence-electron chi connectivity index (χ3n) is 4.75. The number of carbonyl (C=O) groups is 2. The minimum absolute atomic E-state index is 0.00335. The van der Waals surface area contributed by atoms with E-state index in [2.05, 4.69) is 6.92 Å². The Morgan fingerprint density at radius 2 is 1.37 bits per heavy atom. The maximum Gasteiger partial charge on any atom is 0.340 e. The van der Waals surface area contributed by atoms with Crippen molar-refractivity contribution in [1.82, 2.24) is 0 Å². The molecule has 0 spiro atoms.